The van der Waals surface area contributed by atoms with Crippen LogP contribution in [-0.2, 0) is 0 Å². The molecule has 5 rings (SSSR count). The normalized spacial score (nSPS) is 16.5. The third-order valence-corrected chi connectivity index (χ3v) is 8.13. The molecule has 8 heteroatoms. The monoisotopic (exact) mass is 555 g/mol. The van der Waals surface area contributed by atoms with Crippen LogP contribution in [0.5, 0.6) is 5.75 Å². The molecule has 2 aliphatic rings. The number of rotatable bonds is 8. The van der Waals surface area contributed by atoms with E-state index < -0.39 is 0 Å². The van der Waals surface area contributed by atoms with Crippen LogP contribution in [0, 0.1) is 0 Å². The Morgan fingerprint density at radius 2 is 1.49 bits per heavy atom. The number of amides is 3. The van der Waals surface area contributed by atoms with Crippen LogP contribution in [0.15, 0.2) is 72.8 Å². The van der Waals surface area contributed by atoms with Gasteiger partial charge in [0.1, 0.15) is 5.75 Å². The van der Waals surface area contributed by atoms with E-state index in [1.807, 2.05) is 67.6 Å². The summed E-state index contributed by atoms with van der Waals surface area (Å²) in [6.45, 7) is 5.08. The van der Waals surface area contributed by atoms with Crippen LogP contribution in [-0.4, -0.2) is 51.3 Å². The molecule has 0 bridgehead atoms. The van der Waals surface area contributed by atoms with E-state index in [2.05, 4.69) is 31.8 Å². The molecular weight excluding hydrogens is 514 g/mol. The van der Waals surface area contributed by atoms with Gasteiger partial charge >= 0.3 is 6.03 Å². The van der Waals surface area contributed by atoms with E-state index in [4.69, 9.17) is 4.74 Å². The molecule has 3 N–H and O–H groups in total. The third kappa shape index (κ3) is 7.12. The standard InChI is InChI=1S/C33H41N5O3/c1-24(25-11-5-3-6-12-25)34-32(39)28-23-27(36-33(40)35-26-13-7-4-8-14-26)17-18-29(28)37-19-21-38(22-20-37)30-15-9-10-16-31(30)41-2/h3,5-6,9-12,15-18,23-24,26H,4,7-8,13-14,19-22H2,1-2H3,(H,34,39)(H2,35,36,40). The predicted octanol–water partition coefficient (Wildman–Crippen LogP) is 5.97. The van der Waals surface area contributed by atoms with Gasteiger partial charge in [-0.2, -0.15) is 0 Å². The molecule has 2 fully saturated rings. The SMILES string of the molecule is COc1ccccc1N1CCN(c2ccc(NC(=O)NC3CCCCC3)cc2C(=O)NC(C)c2ccccc2)CC1. The fraction of sp³-hybridized carbons (Fsp3) is 0.394. The quantitative estimate of drug-likeness (QED) is 0.319. The minimum Gasteiger partial charge on any atom is -0.495 e. The highest BCUT2D eigenvalue weighted by Crippen LogP contribution is 2.31. The van der Waals surface area contributed by atoms with Crippen LogP contribution in [0.1, 0.15) is 61.0 Å². The minimum absolute atomic E-state index is 0.162. The number of anilines is 3. The van der Waals surface area contributed by atoms with Crippen molar-refractivity contribution in [3.8, 4) is 5.75 Å². The summed E-state index contributed by atoms with van der Waals surface area (Å²) in [5.74, 6) is 0.692. The first-order chi connectivity index (χ1) is 20.0. The average Bonchev–Trinajstić information content (AvgIpc) is 3.02. The highest BCUT2D eigenvalue weighted by Gasteiger charge is 2.25. The van der Waals surface area contributed by atoms with Gasteiger partial charge in [-0.05, 0) is 55.7 Å². The number of ether oxygens (including phenoxy) is 1. The zero-order valence-corrected chi connectivity index (χ0v) is 24.1. The molecule has 1 aliphatic heterocycles. The van der Waals surface area contributed by atoms with Crippen molar-refractivity contribution >= 4 is 29.0 Å². The number of benzene rings is 3. The first kappa shape index (κ1) is 28.3. The third-order valence-electron chi connectivity index (χ3n) is 8.13. The molecule has 0 radical (unpaired) electrons. The Kier molecular flexibility index (Phi) is 9.29. The zero-order valence-electron chi connectivity index (χ0n) is 24.1. The van der Waals surface area contributed by atoms with Crippen LogP contribution >= 0.6 is 0 Å². The largest absolute Gasteiger partial charge is 0.495 e. The molecule has 1 heterocycles. The van der Waals surface area contributed by atoms with Crippen LogP contribution in [0.2, 0.25) is 0 Å². The van der Waals surface area contributed by atoms with E-state index in [9.17, 15) is 9.59 Å². The highest BCUT2D eigenvalue weighted by atomic mass is 16.5. The fourth-order valence-electron chi connectivity index (χ4n) is 5.85. The van der Waals surface area contributed by atoms with E-state index >= 15 is 0 Å². The Labute approximate surface area is 243 Å². The number of carbonyl (C=O) groups is 2. The van der Waals surface area contributed by atoms with Crippen molar-refractivity contribution in [3.05, 3.63) is 83.9 Å². The molecule has 1 saturated carbocycles. The minimum atomic E-state index is -0.223. The lowest BCUT2D eigenvalue weighted by Gasteiger charge is -2.38. The predicted molar refractivity (Wildman–Crippen MR) is 165 cm³/mol. The van der Waals surface area contributed by atoms with Crippen molar-refractivity contribution in [1.82, 2.24) is 10.6 Å². The molecule has 0 aromatic heterocycles. The molecule has 1 saturated heterocycles. The maximum atomic E-state index is 13.7. The van der Waals surface area contributed by atoms with E-state index in [0.29, 0.717) is 11.3 Å². The summed E-state index contributed by atoms with van der Waals surface area (Å²) < 4.78 is 5.58. The maximum absolute atomic E-state index is 13.7. The lowest BCUT2D eigenvalue weighted by molar-refractivity contribution is 0.0940. The fourth-order valence-corrected chi connectivity index (χ4v) is 5.85. The van der Waals surface area contributed by atoms with E-state index in [1.165, 1.54) is 6.42 Å². The Morgan fingerprint density at radius 1 is 0.829 bits per heavy atom. The van der Waals surface area contributed by atoms with Crippen LogP contribution < -0.4 is 30.5 Å². The van der Waals surface area contributed by atoms with Crippen molar-refractivity contribution in [2.45, 2.75) is 51.1 Å². The molecule has 41 heavy (non-hydrogen) atoms. The Bertz CT molecular complexity index is 1320. The van der Waals surface area contributed by atoms with E-state index in [-0.39, 0.29) is 24.0 Å². The van der Waals surface area contributed by atoms with Crippen molar-refractivity contribution in [2.24, 2.45) is 0 Å². The smallest absolute Gasteiger partial charge is 0.319 e. The summed E-state index contributed by atoms with van der Waals surface area (Å²) in [5, 5.41) is 9.24. The summed E-state index contributed by atoms with van der Waals surface area (Å²) in [5.41, 5.74) is 4.13. The topological polar surface area (TPSA) is 85.9 Å². The number of carbonyl (C=O) groups excluding carboxylic acids is 2. The van der Waals surface area contributed by atoms with Crippen molar-refractivity contribution in [2.75, 3.05) is 48.4 Å². The van der Waals surface area contributed by atoms with Crippen LogP contribution in [0.4, 0.5) is 21.9 Å². The number of para-hydroxylation sites is 2. The summed E-state index contributed by atoms with van der Waals surface area (Å²) in [7, 11) is 1.70. The number of nitrogens with zero attached hydrogens (tertiary/aromatic N) is 2. The summed E-state index contributed by atoms with van der Waals surface area (Å²) in [4.78, 5) is 31.1. The Hall–Kier alpha value is -4.20. The number of piperazine rings is 1. The van der Waals surface area contributed by atoms with Crippen LogP contribution in [0.25, 0.3) is 0 Å². The van der Waals surface area contributed by atoms with Crippen LogP contribution in [0.3, 0.4) is 0 Å². The van der Waals surface area contributed by atoms with E-state index in [0.717, 1.165) is 74.6 Å². The first-order valence-corrected chi connectivity index (χ1v) is 14.7. The molecule has 216 valence electrons. The molecule has 1 unspecified atom stereocenters. The van der Waals surface area contributed by atoms with Gasteiger partial charge in [0.2, 0.25) is 0 Å². The lowest BCUT2D eigenvalue weighted by atomic mass is 9.96. The van der Waals surface area contributed by atoms with Gasteiger partial charge in [-0.15, -0.1) is 0 Å². The molecular formula is C33H41N5O3. The number of nitrogens with one attached hydrogen (secondary N) is 3. The summed E-state index contributed by atoms with van der Waals surface area (Å²) in [6.07, 6.45) is 5.55. The van der Waals surface area contributed by atoms with Crippen molar-refractivity contribution in [1.29, 1.82) is 0 Å². The van der Waals surface area contributed by atoms with Crippen molar-refractivity contribution < 1.29 is 14.3 Å². The average molecular weight is 556 g/mol. The van der Waals surface area contributed by atoms with Gasteiger partial charge in [-0.25, -0.2) is 4.79 Å². The zero-order chi connectivity index (χ0) is 28.6. The van der Waals surface area contributed by atoms with Gasteiger partial charge in [-0.3, -0.25) is 4.79 Å². The number of hydrogen-bond acceptors (Lipinski definition) is 5. The second kappa shape index (κ2) is 13.4. The Balaban J connectivity index is 1.33. The van der Waals surface area contributed by atoms with Gasteiger partial charge < -0.3 is 30.5 Å². The number of urea groups is 1. The second-order valence-corrected chi connectivity index (χ2v) is 10.9. The first-order valence-electron chi connectivity index (χ1n) is 14.7. The molecule has 3 aromatic carbocycles. The number of methoxy groups -OCH3 is 1. The molecule has 0 spiro atoms. The summed E-state index contributed by atoms with van der Waals surface area (Å²) >= 11 is 0. The van der Waals surface area contributed by atoms with Gasteiger partial charge in [-0.1, -0.05) is 61.7 Å². The second-order valence-electron chi connectivity index (χ2n) is 10.9. The molecule has 3 amide bonds. The molecule has 1 aliphatic carbocycles. The van der Waals surface area contributed by atoms with Gasteiger partial charge in [0.05, 0.1) is 24.4 Å². The summed E-state index contributed by atoms with van der Waals surface area (Å²) in [6, 6.07) is 23.5. The van der Waals surface area contributed by atoms with Gasteiger partial charge in [0, 0.05) is 43.6 Å². The number of hydrogen-bond donors (Lipinski definition) is 3. The molecule has 3 aromatic rings. The van der Waals surface area contributed by atoms with Gasteiger partial charge in [0.15, 0.2) is 0 Å². The Morgan fingerprint density at radius 3 is 2.20 bits per heavy atom. The van der Waals surface area contributed by atoms with E-state index in [1.54, 1.807) is 13.2 Å². The highest BCUT2D eigenvalue weighted by molar-refractivity contribution is 6.02. The lowest BCUT2D eigenvalue weighted by Crippen LogP contribution is -2.47. The molecule has 1 atom stereocenters. The maximum Gasteiger partial charge on any atom is 0.319 e. The van der Waals surface area contributed by atoms with Crippen molar-refractivity contribution in [3.63, 3.8) is 0 Å². The van der Waals surface area contributed by atoms with Gasteiger partial charge in [0.25, 0.3) is 5.91 Å². The molecule has 8 nitrogen and oxygen atoms in total.